The van der Waals surface area contributed by atoms with Crippen molar-refractivity contribution in [2.45, 2.75) is 13.5 Å². The molecule has 4 aromatic rings. The quantitative estimate of drug-likeness (QED) is 0.501. The van der Waals surface area contributed by atoms with Crippen molar-refractivity contribution in [3.8, 4) is 0 Å². The highest BCUT2D eigenvalue weighted by molar-refractivity contribution is 5.96. The standard InChI is InChI=1S/C23H20N2O2/c1-16-7-9-21(20(13-16)23(26)27)24-19-8-10-22-18(14-19)11-12-25(22)15-17-5-3-2-4-6-17/h2-14,24H,15H2,1H3,(H,26,27). The number of rotatable bonds is 5. The fourth-order valence-corrected chi connectivity index (χ4v) is 3.30. The van der Waals surface area contributed by atoms with Gasteiger partial charge in [0.25, 0.3) is 0 Å². The van der Waals surface area contributed by atoms with Gasteiger partial charge in [0.1, 0.15) is 0 Å². The number of hydrogen-bond acceptors (Lipinski definition) is 2. The molecule has 0 bridgehead atoms. The van der Waals surface area contributed by atoms with E-state index in [2.05, 4.69) is 40.3 Å². The van der Waals surface area contributed by atoms with E-state index < -0.39 is 5.97 Å². The van der Waals surface area contributed by atoms with Crippen LogP contribution in [-0.4, -0.2) is 15.6 Å². The van der Waals surface area contributed by atoms with Crippen molar-refractivity contribution < 1.29 is 9.90 Å². The number of aromatic nitrogens is 1. The summed E-state index contributed by atoms with van der Waals surface area (Å²) in [5.74, 6) is -0.934. The molecule has 3 aromatic carbocycles. The SMILES string of the molecule is Cc1ccc(Nc2ccc3c(ccn3Cc3ccccc3)c2)c(C(=O)O)c1. The van der Waals surface area contributed by atoms with Gasteiger partial charge in [-0.05, 0) is 48.9 Å². The van der Waals surface area contributed by atoms with Gasteiger partial charge in [-0.25, -0.2) is 4.79 Å². The van der Waals surface area contributed by atoms with Crippen LogP contribution < -0.4 is 5.32 Å². The number of hydrogen-bond donors (Lipinski definition) is 2. The zero-order valence-corrected chi connectivity index (χ0v) is 15.0. The van der Waals surface area contributed by atoms with E-state index in [4.69, 9.17) is 0 Å². The summed E-state index contributed by atoms with van der Waals surface area (Å²) in [5, 5.41) is 13.8. The Balaban J connectivity index is 1.63. The van der Waals surface area contributed by atoms with E-state index in [9.17, 15) is 9.90 Å². The molecule has 1 heterocycles. The van der Waals surface area contributed by atoms with Gasteiger partial charge in [0.2, 0.25) is 0 Å². The molecule has 0 aliphatic carbocycles. The molecule has 0 spiro atoms. The Kier molecular flexibility index (Phi) is 4.38. The molecule has 134 valence electrons. The van der Waals surface area contributed by atoms with Gasteiger partial charge in [-0.3, -0.25) is 0 Å². The maximum atomic E-state index is 11.5. The molecule has 4 rings (SSSR count). The van der Waals surface area contributed by atoms with Crippen molar-refractivity contribution in [2.24, 2.45) is 0 Å². The normalized spacial score (nSPS) is 10.9. The van der Waals surface area contributed by atoms with E-state index in [-0.39, 0.29) is 5.56 Å². The number of fused-ring (bicyclic) bond motifs is 1. The second-order valence-electron chi connectivity index (χ2n) is 6.68. The lowest BCUT2D eigenvalue weighted by Gasteiger charge is -2.11. The third kappa shape index (κ3) is 3.55. The minimum atomic E-state index is -0.934. The van der Waals surface area contributed by atoms with Gasteiger partial charge in [0.05, 0.1) is 11.3 Å². The van der Waals surface area contributed by atoms with Crippen LogP contribution in [0.1, 0.15) is 21.5 Å². The molecule has 0 fully saturated rings. The number of carboxylic acid groups (broad SMARTS) is 1. The van der Waals surface area contributed by atoms with E-state index in [0.717, 1.165) is 28.7 Å². The second-order valence-corrected chi connectivity index (χ2v) is 6.68. The Bertz CT molecular complexity index is 1110. The average molecular weight is 356 g/mol. The number of carboxylic acids is 1. The summed E-state index contributed by atoms with van der Waals surface area (Å²) < 4.78 is 2.21. The highest BCUT2D eigenvalue weighted by atomic mass is 16.4. The first-order chi connectivity index (χ1) is 13.1. The first-order valence-electron chi connectivity index (χ1n) is 8.84. The summed E-state index contributed by atoms with van der Waals surface area (Å²) in [6.07, 6.45) is 2.08. The third-order valence-electron chi connectivity index (χ3n) is 4.65. The van der Waals surface area contributed by atoms with E-state index in [0.29, 0.717) is 5.69 Å². The lowest BCUT2D eigenvalue weighted by atomic mass is 10.1. The molecule has 27 heavy (non-hydrogen) atoms. The molecule has 0 unspecified atom stereocenters. The topological polar surface area (TPSA) is 54.3 Å². The molecule has 0 amide bonds. The summed E-state index contributed by atoms with van der Waals surface area (Å²) in [6, 6.07) is 23.9. The van der Waals surface area contributed by atoms with Gasteiger partial charge >= 0.3 is 5.97 Å². The molecule has 0 atom stereocenters. The molecule has 0 saturated heterocycles. The first kappa shape index (κ1) is 16.9. The molecular formula is C23H20N2O2. The molecule has 0 aliphatic rings. The van der Waals surface area contributed by atoms with Crippen LogP contribution in [0.2, 0.25) is 0 Å². The molecular weight excluding hydrogens is 336 g/mol. The average Bonchev–Trinajstić information content (AvgIpc) is 3.06. The largest absolute Gasteiger partial charge is 0.478 e. The lowest BCUT2D eigenvalue weighted by Crippen LogP contribution is -2.03. The predicted molar refractivity (Wildman–Crippen MR) is 109 cm³/mol. The Hall–Kier alpha value is -3.53. The summed E-state index contributed by atoms with van der Waals surface area (Å²) in [4.78, 5) is 11.5. The van der Waals surface area contributed by atoms with E-state index >= 15 is 0 Å². The van der Waals surface area contributed by atoms with E-state index in [1.165, 1.54) is 5.56 Å². The number of nitrogens with zero attached hydrogens (tertiary/aromatic N) is 1. The number of carbonyl (C=O) groups is 1. The van der Waals surface area contributed by atoms with Gasteiger partial charge in [-0.15, -0.1) is 0 Å². The Morgan fingerprint density at radius 3 is 2.59 bits per heavy atom. The van der Waals surface area contributed by atoms with Crippen LogP contribution in [0.4, 0.5) is 11.4 Å². The number of aromatic carboxylic acids is 1. The van der Waals surface area contributed by atoms with Crippen LogP contribution in [0.5, 0.6) is 0 Å². The number of nitrogens with one attached hydrogen (secondary N) is 1. The molecule has 4 nitrogen and oxygen atoms in total. The number of aryl methyl sites for hydroxylation is 1. The minimum Gasteiger partial charge on any atom is -0.478 e. The summed E-state index contributed by atoms with van der Waals surface area (Å²) >= 11 is 0. The van der Waals surface area contributed by atoms with Gasteiger partial charge < -0.3 is 15.0 Å². The van der Waals surface area contributed by atoms with E-state index in [1.54, 1.807) is 6.07 Å². The fraction of sp³-hybridized carbons (Fsp3) is 0.0870. The maximum absolute atomic E-state index is 11.5. The predicted octanol–water partition coefficient (Wildman–Crippen LogP) is 5.44. The van der Waals surface area contributed by atoms with Crippen molar-refractivity contribution in [3.05, 3.63) is 95.7 Å². The minimum absolute atomic E-state index is 0.275. The molecule has 1 aromatic heterocycles. The molecule has 0 aliphatic heterocycles. The van der Waals surface area contributed by atoms with Gasteiger partial charge in [-0.2, -0.15) is 0 Å². The maximum Gasteiger partial charge on any atom is 0.337 e. The van der Waals surface area contributed by atoms with Crippen molar-refractivity contribution in [1.82, 2.24) is 4.57 Å². The van der Waals surface area contributed by atoms with Crippen molar-refractivity contribution in [3.63, 3.8) is 0 Å². The number of anilines is 2. The van der Waals surface area contributed by atoms with Gasteiger partial charge in [0, 0.05) is 29.3 Å². The van der Waals surface area contributed by atoms with Crippen LogP contribution in [0.3, 0.4) is 0 Å². The Morgan fingerprint density at radius 2 is 1.81 bits per heavy atom. The highest BCUT2D eigenvalue weighted by Gasteiger charge is 2.11. The Morgan fingerprint density at radius 1 is 1.00 bits per heavy atom. The van der Waals surface area contributed by atoms with Crippen LogP contribution >= 0.6 is 0 Å². The van der Waals surface area contributed by atoms with Crippen LogP contribution in [0.25, 0.3) is 10.9 Å². The van der Waals surface area contributed by atoms with Crippen LogP contribution in [0, 0.1) is 6.92 Å². The molecule has 4 heteroatoms. The third-order valence-corrected chi connectivity index (χ3v) is 4.65. The van der Waals surface area contributed by atoms with E-state index in [1.807, 2.05) is 49.4 Å². The lowest BCUT2D eigenvalue weighted by molar-refractivity contribution is 0.0698. The van der Waals surface area contributed by atoms with Crippen LogP contribution in [-0.2, 0) is 6.54 Å². The summed E-state index contributed by atoms with van der Waals surface area (Å²) in [6.45, 7) is 2.70. The van der Waals surface area contributed by atoms with Gasteiger partial charge in [-0.1, -0.05) is 42.0 Å². The Labute approximate surface area is 157 Å². The van der Waals surface area contributed by atoms with Crippen molar-refractivity contribution in [1.29, 1.82) is 0 Å². The summed E-state index contributed by atoms with van der Waals surface area (Å²) in [7, 11) is 0. The van der Waals surface area contributed by atoms with Crippen molar-refractivity contribution in [2.75, 3.05) is 5.32 Å². The highest BCUT2D eigenvalue weighted by Crippen LogP contribution is 2.26. The van der Waals surface area contributed by atoms with Crippen LogP contribution in [0.15, 0.2) is 79.0 Å². The first-order valence-corrected chi connectivity index (χ1v) is 8.84. The monoisotopic (exact) mass is 356 g/mol. The molecule has 0 saturated carbocycles. The zero-order chi connectivity index (χ0) is 18.8. The zero-order valence-electron chi connectivity index (χ0n) is 15.0. The van der Waals surface area contributed by atoms with Crippen molar-refractivity contribution >= 4 is 28.2 Å². The summed E-state index contributed by atoms with van der Waals surface area (Å²) in [5.41, 5.74) is 5.06. The fourth-order valence-electron chi connectivity index (χ4n) is 3.30. The van der Waals surface area contributed by atoms with Gasteiger partial charge in [0.15, 0.2) is 0 Å². The smallest absolute Gasteiger partial charge is 0.337 e. The molecule has 2 N–H and O–H groups in total. The second kappa shape index (κ2) is 7.00. The molecule has 0 radical (unpaired) electrons. The number of benzene rings is 3.